The standard InChI is InChI=1S/C18H26N4O7S/c1-9(23)15(17(27)21-13(8-30)18(28)29)22-16(26)12(20-14(25)7-19)6-10-2-4-11(24)5-3-10/h2-5,9,12-13,15,23-24,30H,6-8,19H2,1H3,(H,20,25)(H,21,27)(H,22,26)(H,28,29). The molecule has 11 nitrogen and oxygen atoms in total. The van der Waals surface area contributed by atoms with Crippen molar-refractivity contribution in [3.05, 3.63) is 29.8 Å². The van der Waals surface area contributed by atoms with Gasteiger partial charge in [0.25, 0.3) is 0 Å². The van der Waals surface area contributed by atoms with Gasteiger partial charge in [0, 0.05) is 12.2 Å². The van der Waals surface area contributed by atoms with Crippen molar-refractivity contribution in [2.24, 2.45) is 5.73 Å². The first-order valence-corrected chi connectivity index (χ1v) is 9.62. The third-order valence-corrected chi connectivity index (χ3v) is 4.44. The van der Waals surface area contributed by atoms with Gasteiger partial charge in [0.2, 0.25) is 17.7 Å². The Hall–Kier alpha value is -2.83. The quantitative estimate of drug-likeness (QED) is 0.176. The van der Waals surface area contributed by atoms with Crippen LogP contribution in [-0.4, -0.2) is 75.5 Å². The lowest BCUT2D eigenvalue weighted by molar-refractivity contribution is -0.142. The number of carbonyl (C=O) groups excluding carboxylic acids is 3. The van der Waals surface area contributed by atoms with Crippen LogP contribution in [0.2, 0.25) is 0 Å². The van der Waals surface area contributed by atoms with Crippen LogP contribution in [0.15, 0.2) is 24.3 Å². The fraction of sp³-hybridized carbons (Fsp3) is 0.444. The van der Waals surface area contributed by atoms with E-state index in [2.05, 4.69) is 28.6 Å². The number of thiol groups is 1. The van der Waals surface area contributed by atoms with E-state index >= 15 is 0 Å². The highest BCUT2D eigenvalue weighted by Crippen LogP contribution is 2.12. The molecule has 0 aliphatic rings. The summed E-state index contributed by atoms with van der Waals surface area (Å²) >= 11 is 3.84. The van der Waals surface area contributed by atoms with E-state index in [-0.39, 0.29) is 24.5 Å². The number of carboxylic acid groups (broad SMARTS) is 1. The summed E-state index contributed by atoms with van der Waals surface area (Å²) in [5.74, 6) is -3.83. The summed E-state index contributed by atoms with van der Waals surface area (Å²) < 4.78 is 0. The van der Waals surface area contributed by atoms with Crippen molar-refractivity contribution >= 4 is 36.3 Å². The molecule has 12 heteroatoms. The van der Waals surface area contributed by atoms with Crippen LogP contribution in [0.4, 0.5) is 0 Å². The Labute approximate surface area is 178 Å². The van der Waals surface area contributed by atoms with E-state index in [1.54, 1.807) is 12.1 Å². The van der Waals surface area contributed by atoms with Crippen LogP contribution in [0.25, 0.3) is 0 Å². The van der Waals surface area contributed by atoms with Gasteiger partial charge in [-0.1, -0.05) is 12.1 Å². The first-order chi connectivity index (χ1) is 14.1. The largest absolute Gasteiger partial charge is 0.508 e. The number of carboxylic acids is 1. The molecule has 0 saturated carbocycles. The number of hydrogen-bond donors (Lipinski definition) is 8. The summed E-state index contributed by atoms with van der Waals surface area (Å²) in [6.45, 7) is 0.871. The lowest BCUT2D eigenvalue weighted by Gasteiger charge is -2.25. The van der Waals surface area contributed by atoms with Crippen LogP contribution in [0, 0.1) is 0 Å². The summed E-state index contributed by atoms with van der Waals surface area (Å²) in [6, 6.07) is 1.98. The first-order valence-electron chi connectivity index (χ1n) is 8.98. The lowest BCUT2D eigenvalue weighted by atomic mass is 10.0. The maximum absolute atomic E-state index is 12.7. The van der Waals surface area contributed by atoms with E-state index in [9.17, 15) is 29.4 Å². The number of phenolic OH excluding ortho intramolecular Hbond substituents is 1. The molecule has 4 atom stereocenters. The summed E-state index contributed by atoms with van der Waals surface area (Å²) in [4.78, 5) is 47.9. The van der Waals surface area contributed by atoms with Gasteiger partial charge >= 0.3 is 5.97 Å². The van der Waals surface area contributed by atoms with Gasteiger partial charge in [-0.15, -0.1) is 0 Å². The predicted molar refractivity (Wildman–Crippen MR) is 110 cm³/mol. The van der Waals surface area contributed by atoms with Crippen LogP contribution in [0.1, 0.15) is 12.5 Å². The van der Waals surface area contributed by atoms with Gasteiger partial charge < -0.3 is 37.0 Å². The maximum atomic E-state index is 12.7. The summed E-state index contributed by atoms with van der Waals surface area (Å²) in [5.41, 5.74) is 5.89. The first kappa shape index (κ1) is 25.2. The molecule has 8 N–H and O–H groups in total. The molecule has 1 rings (SSSR count). The average Bonchev–Trinajstić information content (AvgIpc) is 2.70. The number of carbonyl (C=O) groups is 4. The van der Waals surface area contributed by atoms with E-state index in [0.29, 0.717) is 5.56 Å². The summed E-state index contributed by atoms with van der Waals surface area (Å²) in [6.07, 6.45) is -1.34. The van der Waals surface area contributed by atoms with Gasteiger partial charge in [0.05, 0.1) is 12.6 Å². The van der Waals surface area contributed by atoms with Crippen LogP contribution in [-0.2, 0) is 25.6 Å². The number of aliphatic hydroxyl groups is 1. The molecule has 0 spiro atoms. The number of nitrogens with one attached hydrogen (secondary N) is 3. The van der Waals surface area contributed by atoms with Crippen molar-refractivity contribution < 1.29 is 34.5 Å². The van der Waals surface area contributed by atoms with Gasteiger partial charge in [0.1, 0.15) is 23.9 Å². The molecule has 0 saturated heterocycles. The summed E-state index contributed by atoms with van der Waals surface area (Å²) in [5, 5.41) is 35.2. The Morgan fingerprint density at radius 2 is 1.63 bits per heavy atom. The third-order valence-electron chi connectivity index (χ3n) is 4.07. The molecule has 1 aromatic carbocycles. The number of benzene rings is 1. The van der Waals surface area contributed by atoms with E-state index in [4.69, 9.17) is 10.8 Å². The Morgan fingerprint density at radius 1 is 1.03 bits per heavy atom. The topological polar surface area (TPSA) is 191 Å². The van der Waals surface area contributed by atoms with Crippen LogP contribution in [0.3, 0.4) is 0 Å². The van der Waals surface area contributed by atoms with Gasteiger partial charge in [0.15, 0.2) is 0 Å². The smallest absolute Gasteiger partial charge is 0.327 e. The zero-order chi connectivity index (χ0) is 22.8. The molecule has 166 valence electrons. The second-order valence-electron chi connectivity index (χ2n) is 6.50. The minimum absolute atomic E-state index is 0.0143. The number of hydrogen-bond acceptors (Lipinski definition) is 8. The van der Waals surface area contributed by atoms with Gasteiger partial charge in [-0.2, -0.15) is 12.6 Å². The Kier molecular flexibility index (Phi) is 10.1. The van der Waals surface area contributed by atoms with E-state index in [1.165, 1.54) is 19.1 Å². The minimum atomic E-state index is -1.48. The number of aromatic hydroxyl groups is 1. The van der Waals surface area contributed by atoms with Gasteiger partial charge in [-0.05, 0) is 24.6 Å². The number of rotatable bonds is 11. The fourth-order valence-electron chi connectivity index (χ4n) is 2.44. The Morgan fingerprint density at radius 3 is 2.10 bits per heavy atom. The molecule has 0 bridgehead atoms. The normalized spacial score (nSPS) is 14.7. The van der Waals surface area contributed by atoms with Crippen molar-refractivity contribution in [3.63, 3.8) is 0 Å². The highest BCUT2D eigenvalue weighted by Gasteiger charge is 2.31. The highest BCUT2D eigenvalue weighted by atomic mass is 32.1. The summed E-state index contributed by atoms with van der Waals surface area (Å²) in [7, 11) is 0. The maximum Gasteiger partial charge on any atom is 0.327 e. The number of phenols is 1. The molecular formula is C18H26N4O7S. The molecule has 0 radical (unpaired) electrons. The average molecular weight is 442 g/mol. The second kappa shape index (κ2) is 12.0. The van der Waals surface area contributed by atoms with E-state index in [0.717, 1.165) is 0 Å². The fourth-order valence-corrected chi connectivity index (χ4v) is 2.68. The highest BCUT2D eigenvalue weighted by molar-refractivity contribution is 7.80. The third kappa shape index (κ3) is 7.89. The number of nitrogens with two attached hydrogens (primary N) is 1. The SMILES string of the molecule is CC(O)C(NC(=O)C(Cc1ccc(O)cc1)NC(=O)CN)C(=O)NC(CS)C(=O)O. The van der Waals surface area contributed by atoms with Crippen LogP contribution in [0.5, 0.6) is 5.75 Å². The van der Waals surface area contributed by atoms with Crippen molar-refractivity contribution in [2.75, 3.05) is 12.3 Å². The van der Waals surface area contributed by atoms with Gasteiger partial charge in [-0.25, -0.2) is 4.79 Å². The molecule has 0 aliphatic heterocycles. The van der Waals surface area contributed by atoms with Crippen LogP contribution < -0.4 is 21.7 Å². The second-order valence-corrected chi connectivity index (χ2v) is 6.87. The molecule has 0 aliphatic carbocycles. The van der Waals surface area contributed by atoms with Crippen molar-refractivity contribution in [1.82, 2.24) is 16.0 Å². The molecule has 3 amide bonds. The molecule has 4 unspecified atom stereocenters. The zero-order valence-electron chi connectivity index (χ0n) is 16.2. The Bertz CT molecular complexity index is 757. The van der Waals surface area contributed by atoms with E-state index in [1.807, 2.05) is 0 Å². The number of aliphatic carboxylic acids is 1. The van der Waals surface area contributed by atoms with E-state index < -0.39 is 47.9 Å². The minimum Gasteiger partial charge on any atom is -0.508 e. The molecule has 1 aromatic rings. The monoisotopic (exact) mass is 442 g/mol. The van der Waals surface area contributed by atoms with Crippen LogP contribution >= 0.6 is 12.6 Å². The zero-order valence-corrected chi connectivity index (χ0v) is 17.1. The van der Waals surface area contributed by atoms with Crippen molar-refractivity contribution in [2.45, 2.75) is 37.6 Å². The number of amides is 3. The molecule has 30 heavy (non-hydrogen) atoms. The molecule has 0 fully saturated rings. The predicted octanol–water partition coefficient (Wildman–Crippen LogP) is -2.26. The number of aliphatic hydroxyl groups excluding tert-OH is 1. The molecule has 0 heterocycles. The van der Waals surface area contributed by atoms with Crippen molar-refractivity contribution in [3.8, 4) is 5.75 Å². The van der Waals surface area contributed by atoms with Crippen molar-refractivity contribution in [1.29, 1.82) is 0 Å². The molecule has 0 aromatic heterocycles. The Balaban J connectivity index is 2.98. The molecular weight excluding hydrogens is 416 g/mol. The van der Waals surface area contributed by atoms with Gasteiger partial charge in [-0.3, -0.25) is 14.4 Å². The lowest BCUT2D eigenvalue weighted by Crippen LogP contribution is -2.59.